The largest absolute Gasteiger partial charge is 0.493 e. The summed E-state index contributed by atoms with van der Waals surface area (Å²) >= 11 is 0. The molecule has 3 heterocycles. The number of pyridine rings is 1. The van der Waals surface area contributed by atoms with Crippen molar-refractivity contribution in [3.05, 3.63) is 60.6 Å². The lowest BCUT2D eigenvalue weighted by Gasteiger charge is -2.14. The Labute approximate surface area is 181 Å². The molecule has 5 rings (SSSR count). The van der Waals surface area contributed by atoms with Gasteiger partial charge in [-0.15, -0.1) is 0 Å². The predicted molar refractivity (Wildman–Crippen MR) is 122 cm³/mol. The lowest BCUT2D eigenvalue weighted by Crippen LogP contribution is -2.21. The van der Waals surface area contributed by atoms with Gasteiger partial charge in [0.15, 0.2) is 0 Å². The Morgan fingerprint density at radius 3 is 2.68 bits per heavy atom. The van der Waals surface area contributed by atoms with E-state index in [4.69, 9.17) is 9.47 Å². The fraction of sp³-hybridized carbons (Fsp3) is 0.320. The number of rotatable bonds is 7. The highest BCUT2D eigenvalue weighted by Crippen LogP contribution is 2.31. The number of hydrogen-bond donors (Lipinski definition) is 0. The van der Waals surface area contributed by atoms with Gasteiger partial charge in [-0.1, -0.05) is 6.07 Å². The molecule has 0 atom stereocenters. The lowest BCUT2D eigenvalue weighted by atomic mass is 10.2. The summed E-state index contributed by atoms with van der Waals surface area (Å²) in [7, 11) is 0. The van der Waals surface area contributed by atoms with E-state index in [1.807, 2.05) is 55.5 Å². The lowest BCUT2D eigenvalue weighted by molar-refractivity contribution is 0.263. The third-order valence-corrected chi connectivity index (χ3v) is 5.62. The van der Waals surface area contributed by atoms with E-state index in [2.05, 4.69) is 19.9 Å². The van der Waals surface area contributed by atoms with Gasteiger partial charge in [-0.25, -0.2) is 4.98 Å². The van der Waals surface area contributed by atoms with E-state index in [0.717, 1.165) is 40.5 Å². The number of aromatic nitrogens is 3. The zero-order valence-corrected chi connectivity index (χ0v) is 17.8. The number of fused-ring (bicyclic) bond motifs is 2. The number of aryl methyl sites for hydroxylation is 1. The van der Waals surface area contributed by atoms with E-state index in [9.17, 15) is 0 Å². The van der Waals surface area contributed by atoms with Crippen LogP contribution in [0, 0.1) is 6.92 Å². The minimum Gasteiger partial charge on any atom is -0.493 e. The van der Waals surface area contributed by atoms with Crippen molar-refractivity contribution in [2.75, 3.05) is 26.2 Å². The zero-order valence-electron chi connectivity index (χ0n) is 17.8. The third kappa shape index (κ3) is 4.59. The standard InChI is InChI=1S/C25H26N4O2/c1-18-27-24-16-20(30-15-5-14-29-12-2-3-13-29)9-10-22(24)25(28-18)31-21-8-7-19-6-4-11-26-23(19)17-21/h4,6-11,16-17H,2-3,5,12-15H2,1H3. The third-order valence-electron chi connectivity index (χ3n) is 5.62. The number of nitrogens with zero attached hydrogens (tertiary/aromatic N) is 4. The first kappa shape index (κ1) is 19.7. The van der Waals surface area contributed by atoms with Crippen molar-refractivity contribution >= 4 is 21.8 Å². The molecule has 2 aromatic heterocycles. The number of benzene rings is 2. The first-order chi connectivity index (χ1) is 15.2. The summed E-state index contributed by atoms with van der Waals surface area (Å²) in [4.78, 5) is 16.0. The van der Waals surface area contributed by atoms with Crippen LogP contribution in [0.5, 0.6) is 17.4 Å². The van der Waals surface area contributed by atoms with Crippen molar-refractivity contribution in [3.63, 3.8) is 0 Å². The minimum atomic E-state index is 0.540. The molecule has 1 fully saturated rings. The summed E-state index contributed by atoms with van der Waals surface area (Å²) in [6.07, 6.45) is 5.46. The normalized spacial score (nSPS) is 14.4. The Balaban J connectivity index is 1.32. The summed E-state index contributed by atoms with van der Waals surface area (Å²) < 4.78 is 12.1. The van der Waals surface area contributed by atoms with Gasteiger partial charge in [0.2, 0.25) is 5.88 Å². The number of ether oxygens (including phenoxy) is 2. The van der Waals surface area contributed by atoms with Crippen LogP contribution >= 0.6 is 0 Å². The van der Waals surface area contributed by atoms with Crippen LogP contribution in [0.4, 0.5) is 0 Å². The molecule has 0 aliphatic carbocycles. The molecule has 1 saturated heterocycles. The van der Waals surface area contributed by atoms with Crippen molar-refractivity contribution in [1.29, 1.82) is 0 Å². The quantitative estimate of drug-likeness (QED) is 0.390. The molecule has 0 amide bonds. The molecule has 0 unspecified atom stereocenters. The van der Waals surface area contributed by atoms with Crippen LogP contribution in [0.2, 0.25) is 0 Å². The molecule has 6 heteroatoms. The summed E-state index contributed by atoms with van der Waals surface area (Å²) in [6.45, 7) is 6.13. The molecule has 4 aromatic rings. The zero-order chi connectivity index (χ0) is 21.0. The Bertz CT molecular complexity index is 1200. The molecule has 2 aromatic carbocycles. The fourth-order valence-corrected chi connectivity index (χ4v) is 4.06. The molecular formula is C25H26N4O2. The highest BCUT2D eigenvalue weighted by molar-refractivity contribution is 5.85. The van der Waals surface area contributed by atoms with E-state index < -0.39 is 0 Å². The van der Waals surface area contributed by atoms with Crippen molar-refractivity contribution in [1.82, 2.24) is 19.9 Å². The molecule has 6 nitrogen and oxygen atoms in total. The highest BCUT2D eigenvalue weighted by atomic mass is 16.5. The van der Waals surface area contributed by atoms with Gasteiger partial charge < -0.3 is 14.4 Å². The molecule has 0 spiro atoms. The second-order valence-electron chi connectivity index (χ2n) is 7.97. The van der Waals surface area contributed by atoms with E-state index in [1.165, 1.54) is 25.9 Å². The summed E-state index contributed by atoms with van der Waals surface area (Å²) in [6, 6.07) is 15.7. The maximum Gasteiger partial charge on any atom is 0.230 e. The SMILES string of the molecule is Cc1nc(Oc2ccc3cccnc3c2)c2ccc(OCCCN3CCCC3)cc2n1. The summed E-state index contributed by atoms with van der Waals surface area (Å²) in [5.74, 6) is 2.73. The Kier molecular flexibility index (Phi) is 5.63. The second kappa shape index (κ2) is 8.86. The van der Waals surface area contributed by atoms with Gasteiger partial charge >= 0.3 is 0 Å². The van der Waals surface area contributed by atoms with Gasteiger partial charge in [-0.2, -0.15) is 4.98 Å². The van der Waals surface area contributed by atoms with Crippen molar-refractivity contribution < 1.29 is 9.47 Å². The first-order valence-electron chi connectivity index (χ1n) is 10.9. The predicted octanol–water partition coefficient (Wildman–Crippen LogP) is 5.14. The van der Waals surface area contributed by atoms with E-state index >= 15 is 0 Å². The Hall–Kier alpha value is -3.25. The van der Waals surface area contributed by atoms with Crippen molar-refractivity contribution in [2.45, 2.75) is 26.2 Å². The van der Waals surface area contributed by atoms with Gasteiger partial charge in [0, 0.05) is 30.3 Å². The van der Waals surface area contributed by atoms with Crippen molar-refractivity contribution in [2.24, 2.45) is 0 Å². The first-order valence-corrected chi connectivity index (χ1v) is 10.9. The van der Waals surface area contributed by atoms with Gasteiger partial charge in [-0.05, 0) is 69.6 Å². The molecule has 1 aliphatic rings. The number of hydrogen-bond acceptors (Lipinski definition) is 6. The molecule has 0 saturated carbocycles. The van der Waals surface area contributed by atoms with Crippen LogP contribution in [0.1, 0.15) is 25.1 Å². The van der Waals surface area contributed by atoms with Crippen LogP contribution in [0.3, 0.4) is 0 Å². The molecule has 31 heavy (non-hydrogen) atoms. The average Bonchev–Trinajstić information content (AvgIpc) is 3.30. The molecule has 158 valence electrons. The maximum absolute atomic E-state index is 6.14. The van der Waals surface area contributed by atoms with Crippen LogP contribution in [-0.2, 0) is 0 Å². The van der Waals surface area contributed by atoms with E-state index in [1.54, 1.807) is 6.20 Å². The topological polar surface area (TPSA) is 60.4 Å². The fourth-order valence-electron chi connectivity index (χ4n) is 4.06. The van der Waals surface area contributed by atoms with E-state index in [-0.39, 0.29) is 0 Å². The van der Waals surface area contributed by atoms with E-state index in [0.29, 0.717) is 24.1 Å². The molecule has 0 bridgehead atoms. The van der Waals surface area contributed by atoms with Gasteiger partial charge in [-0.3, -0.25) is 4.98 Å². The van der Waals surface area contributed by atoms with Gasteiger partial charge in [0.25, 0.3) is 0 Å². The average molecular weight is 415 g/mol. The molecule has 0 N–H and O–H groups in total. The monoisotopic (exact) mass is 414 g/mol. The Morgan fingerprint density at radius 1 is 0.935 bits per heavy atom. The number of likely N-dealkylation sites (tertiary alicyclic amines) is 1. The van der Waals surface area contributed by atoms with Gasteiger partial charge in [0.05, 0.1) is 23.0 Å². The van der Waals surface area contributed by atoms with Crippen LogP contribution < -0.4 is 9.47 Å². The minimum absolute atomic E-state index is 0.540. The van der Waals surface area contributed by atoms with Crippen LogP contribution in [-0.4, -0.2) is 46.1 Å². The second-order valence-corrected chi connectivity index (χ2v) is 7.97. The summed E-state index contributed by atoms with van der Waals surface area (Å²) in [5, 5.41) is 1.93. The smallest absolute Gasteiger partial charge is 0.230 e. The van der Waals surface area contributed by atoms with Gasteiger partial charge in [0.1, 0.15) is 17.3 Å². The molecule has 1 aliphatic heterocycles. The Morgan fingerprint density at radius 2 is 1.77 bits per heavy atom. The van der Waals surface area contributed by atoms with Crippen LogP contribution in [0.15, 0.2) is 54.7 Å². The maximum atomic E-state index is 6.14. The molecular weight excluding hydrogens is 388 g/mol. The highest BCUT2D eigenvalue weighted by Gasteiger charge is 2.12. The van der Waals surface area contributed by atoms with Crippen molar-refractivity contribution in [3.8, 4) is 17.4 Å². The molecule has 0 radical (unpaired) electrons. The summed E-state index contributed by atoms with van der Waals surface area (Å²) in [5.41, 5.74) is 1.71. The van der Waals surface area contributed by atoms with Crippen LogP contribution in [0.25, 0.3) is 21.8 Å².